The van der Waals surface area contributed by atoms with Crippen LogP contribution >= 0.6 is 11.3 Å². The van der Waals surface area contributed by atoms with Crippen LogP contribution in [0.2, 0.25) is 0 Å². The summed E-state index contributed by atoms with van der Waals surface area (Å²) < 4.78 is 26.5. The van der Waals surface area contributed by atoms with Crippen molar-refractivity contribution in [1.82, 2.24) is 14.6 Å². The van der Waals surface area contributed by atoms with Crippen molar-refractivity contribution in [2.24, 2.45) is 0 Å². The summed E-state index contributed by atoms with van der Waals surface area (Å²) in [6.45, 7) is 2.86. The number of fused-ring (bicyclic) bond motifs is 1. The minimum Gasteiger partial charge on any atom is -0.494 e. The van der Waals surface area contributed by atoms with Gasteiger partial charge < -0.3 is 9.15 Å². The average Bonchev–Trinajstić information content (AvgIpc) is 3.55. The minimum absolute atomic E-state index is 0.255. The first-order chi connectivity index (χ1) is 16.6. The molecule has 0 amide bonds. The van der Waals surface area contributed by atoms with Crippen molar-refractivity contribution < 1.29 is 13.5 Å². The van der Waals surface area contributed by atoms with Crippen molar-refractivity contribution in [2.45, 2.75) is 26.2 Å². The second kappa shape index (κ2) is 9.61. The summed E-state index contributed by atoms with van der Waals surface area (Å²) >= 11 is 1.25. The van der Waals surface area contributed by atoms with Gasteiger partial charge in [0.05, 0.1) is 6.61 Å². The van der Waals surface area contributed by atoms with Gasteiger partial charge in [0.15, 0.2) is 5.82 Å². The van der Waals surface area contributed by atoms with Gasteiger partial charge in [-0.3, -0.25) is 4.79 Å². The predicted molar refractivity (Wildman–Crippen MR) is 130 cm³/mol. The van der Waals surface area contributed by atoms with Gasteiger partial charge in [0.2, 0.25) is 4.96 Å². The molecule has 0 saturated heterocycles. The lowest BCUT2D eigenvalue weighted by Gasteiger charge is -2.05. The van der Waals surface area contributed by atoms with E-state index in [4.69, 9.17) is 9.15 Å². The maximum absolute atomic E-state index is 13.1. The van der Waals surface area contributed by atoms with Gasteiger partial charge in [-0.1, -0.05) is 31.1 Å². The molecule has 6 nitrogen and oxygen atoms in total. The number of halogens is 1. The summed E-state index contributed by atoms with van der Waals surface area (Å²) in [5, 5.41) is 4.40. The van der Waals surface area contributed by atoms with Crippen LogP contribution in [0.5, 0.6) is 5.75 Å². The molecule has 3 heterocycles. The number of rotatable bonds is 8. The maximum Gasteiger partial charge on any atom is 0.291 e. The molecule has 0 unspecified atom stereocenters. The summed E-state index contributed by atoms with van der Waals surface area (Å²) in [5.41, 5.74) is 1.32. The SMILES string of the molecule is CCCCCOc1ccc(-c2nc3sc(=Cc4ccc(-c5ccc(F)cc5)o4)c(=O)n3n2)cc1. The Kier molecular flexibility index (Phi) is 6.22. The highest BCUT2D eigenvalue weighted by Crippen LogP contribution is 2.23. The maximum atomic E-state index is 13.1. The number of aromatic nitrogens is 3. The van der Waals surface area contributed by atoms with Gasteiger partial charge in [-0.25, -0.2) is 4.39 Å². The Morgan fingerprint density at radius 3 is 2.53 bits per heavy atom. The van der Waals surface area contributed by atoms with Gasteiger partial charge in [-0.15, -0.1) is 5.10 Å². The van der Waals surface area contributed by atoms with Crippen LogP contribution in [0.25, 0.3) is 33.7 Å². The summed E-state index contributed by atoms with van der Waals surface area (Å²) in [4.78, 5) is 17.9. The Bertz CT molecular complexity index is 1520. The molecule has 0 atom stereocenters. The van der Waals surface area contributed by atoms with Crippen LogP contribution in [0, 0.1) is 5.82 Å². The fraction of sp³-hybridized carbons (Fsp3) is 0.192. The zero-order valence-corrected chi connectivity index (χ0v) is 19.3. The molecule has 0 aliphatic rings. The normalized spacial score (nSPS) is 12.0. The molecule has 0 aliphatic heterocycles. The molecule has 5 rings (SSSR count). The topological polar surface area (TPSA) is 69.6 Å². The molecule has 0 spiro atoms. The Hall–Kier alpha value is -3.78. The smallest absolute Gasteiger partial charge is 0.291 e. The Balaban J connectivity index is 1.35. The molecule has 0 fully saturated rings. The Morgan fingerprint density at radius 2 is 1.79 bits per heavy atom. The molecule has 0 N–H and O–H groups in total. The highest BCUT2D eigenvalue weighted by atomic mass is 32.1. The van der Waals surface area contributed by atoms with Crippen LogP contribution in [0.3, 0.4) is 0 Å². The number of ether oxygens (including phenoxy) is 1. The summed E-state index contributed by atoms with van der Waals surface area (Å²) in [7, 11) is 0. The molecule has 0 bridgehead atoms. The van der Waals surface area contributed by atoms with Gasteiger partial charge >= 0.3 is 0 Å². The van der Waals surface area contributed by atoms with Gasteiger partial charge in [-0.05, 0) is 67.1 Å². The van der Waals surface area contributed by atoms with E-state index in [2.05, 4.69) is 17.0 Å². The number of thiazole rings is 1. The fourth-order valence-corrected chi connectivity index (χ4v) is 4.42. The molecule has 0 saturated carbocycles. The summed E-state index contributed by atoms with van der Waals surface area (Å²) in [6.07, 6.45) is 5.01. The van der Waals surface area contributed by atoms with Crippen LogP contribution in [0.4, 0.5) is 4.39 Å². The molecule has 5 aromatic rings. The quantitative estimate of drug-likeness (QED) is 0.284. The Morgan fingerprint density at radius 1 is 1.03 bits per heavy atom. The molecule has 3 aromatic heterocycles. The van der Waals surface area contributed by atoms with E-state index in [1.54, 1.807) is 30.3 Å². The zero-order chi connectivity index (χ0) is 23.5. The first-order valence-electron chi connectivity index (χ1n) is 11.1. The van der Waals surface area contributed by atoms with Gasteiger partial charge in [0, 0.05) is 17.2 Å². The van der Waals surface area contributed by atoms with Crippen molar-refractivity contribution in [2.75, 3.05) is 6.61 Å². The first kappa shape index (κ1) is 22.0. The third kappa shape index (κ3) is 4.63. The van der Waals surface area contributed by atoms with E-state index in [1.807, 2.05) is 24.3 Å². The van der Waals surface area contributed by atoms with E-state index in [1.165, 1.54) is 28.0 Å². The predicted octanol–water partition coefficient (Wildman–Crippen LogP) is 5.33. The van der Waals surface area contributed by atoms with Gasteiger partial charge in [0.25, 0.3) is 5.56 Å². The molecule has 172 valence electrons. The van der Waals surface area contributed by atoms with E-state index < -0.39 is 0 Å². The zero-order valence-electron chi connectivity index (χ0n) is 18.5. The molecule has 8 heteroatoms. The highest BCUT2D eigenvalue weighted by molar-refractivity contribution is 7.15. The molecule has 0 aliphatic carbocycles. The van der Waals surface area contributed by atoms with Crippen LogP contribution < -0.4 is 14.8 Å². The summed E-state index contributed by atoms with van der Waals surface area (Å²) in [6, 6.07) is 17.2. The average molecular weight is 476 g/mol. The Labute approximate surface area is 199 Å². The second-order valence-corrected chi connectivity index (χ2v) is 8.84. The lowest BCUT2D eigenvalue weighted by Crippen LogP contribution is -2.23. The number of unbranched alkanes of at least 4 members (excludes halogenated alkanes) is 2. The van der Waals surface area contributed by atoms with E-state index in [9.17, 15) is 9.18 Å². The monoisotopic (exact) mass is 475 g/mol. The minimum atomic E-state index is -0.307. The standard InChI is InChI=1S/C26H22FN3O3S/c1-2-3-4-15-32-20-11-7-18(8-12-20)24-28-26-30(29-24)25(31)23(34-26)16-21-13-14-22(33-21)17-5-9-19(27)10-6-17/h5-14,16H,2-4,15H2,1H3. The first-order valence-corrected chi connectivity index (χ1v) is 11.9. The number of furan rings is 1. The number of hydrogen-bond donors (Lipinski definition) is 0. The van der Waals surface area contributed by atoms with E-state index in [-0.39, 0.29) is 11.4 Å². The van der Waals surface area contributed by atoms with Crippen LogP contribution in [0.15, 0.2) is 69.9 Å². The molecule has 0 radical (unpaired) electrons. The summed E-state index contributed by atoms with van der Waals surface area (Å²) in [5.74, 6) is 2.11. The van der Waals surface area contributed by atoms with Crippen LogP contribution in [0.1, 0.15) is 31.9 Å². The molecule has 34 heavy (non-hydrogen) atoms. The van der Waals surface area contributed by atoms with Crippen molar-refractivity contribution >= 4 is 22.4 Å². The molecular formula is C26H22FN3O3S. The van der Waals surface area contributed by atoms with E-state index in [0.717, 1.165) is 36.1 Å². The van der Waals surface area contributed by atoms with Crippen LogP contribution in [-0.2, 0) is 0 Å². The third-order valence-corrected chi connectivity index (χ3v) is 6.30. The number of nitrogens with zero attached hydrogens (tertiary/aromatic N) is 3. The lowest BCUT2D eigenvalue weighted by atomic mass is 10.2. The largest absolute Gasteiger partial charge is 0.494 e. The second-order valence-electron chi connectivity index (χ2n) is 7.83. The van der Waals surface area contributed by atoms with E-state index in [0.29, 0.717) is 33.4 Å². The number of benzene rings is 2. The van der Waals surface area contributed by atoms with E-state index >= 15 is 0 Å². The van der Waals surface area contributed by atoms with Gasteiger partial charge in [0.1, 0.15) is 27.6 Å². The molecular weight excluding hydrogens is 453 g/mol. The van der Waals surface area contributed by atoms with Gasteiger partial charge in [-0.2, -0.15) is 9.50 Å². The number of hydrogen-bond acceptors (Lipinski definition) is 6. The lowest BCUT2D eigenvalue weighted by molar-refractivity contribution is 0.306. The highest BCUT2D eigenvalue weighted by Gasteiger charge is 2.13. The molecule has 2 aromatic carbocycles. The van der Waals surface area contributed by atoms with Crippen molar-refractivity contribution in [3.05, 3.63) is 87.1 Å². The van der Waals surface area contributed by atoms with Crippen molar-refractivity contribution in [1.29, 1.82) is 0 Å². The third-order valence-electron chi connectivity index (χ3n) is 5.34. The fourth-order valence-electron chi connectivity index (χ4n) is 3.53. The van der Waals surface area contributed by atoms with Crippen molar-refractivity contribution in [3.8, 4) is 28.5 Å². The van der Waals surface area contributed by atoms with Crippen molar-refractivity contribution in [3.63, 3.8) is 0 Å². The van der Waals surface area contributed by atoms with Crippen LogP contribution in [-0.4, -0.2) is 21.2 Å².